The van der Waals surface area contributed by atoms with Gasteiger partial charge in [-0.05, 0) is 60.6 Å². The average molecular weight is 454 g/mol. The molecule has 9 heteroatoms. The first-order chi connectivity index (χ1) is 15.8. The van der Waals surface area contributed by atoms with Crippen molar-refractivity contribution in [2.24, 2.45) is 0 Å². The van der Waals surface area contributed by atoms with Crippen LogP contribution in [0.5, 0.6) is 11.5 Å². The van der Waals surface area contributed by atoms with Crippen LogP contribution in [-0.2, 0) is 6.18 Å². The summed E-state index contributed by atoms with van der Waals surface area (Å²) in [6.07, 6.45) is -2.78. The molecule has 3 aromatic rings. The molecule has 3 heterocycles. The number of fused-ring (bicyclic) bond motifs is 2. The topological polar surface area (TPSA) is 57.7 Å². The maximum absolute atomic E-state index is 13.1. The quantitative estimate of drug-likeness (QED) is 0.598. The highest BCUT2D eigenvalue weighted by Crippen LogP contribution is 2.40. The second-order valence-electron chi connectivity index (χ2n) is 8.17. The van der Waals surface area contributed by atoms with Crippen LogP contribution in [0.25, 0.3) is 11.1 Å². The molecule has 0 saturated carbocycles. The van der Waals surface area contributed by atoms with Crippen molar-refractivity contribution in [1.29, 1.82) is 0 Å². The van der Waals surface area contributed by atoms with E-state index in [2.05, 4.69) is 27.1 Å². The molecular formula is C24H21F3N4O2. The lowest BCUT2D eigenvalue weighted by atomic mass is 10.0. The normalized spacial score (nSPS) is 16.4. The Morgan fingerprint density at radius 3 is 2.42 bits per heavy atom. The van der Waals surface area contributed by atoms with Gasteiger partial charge in [-0.15, -0.1) is 0 Å². The molecule has 1 saturated heterocycles. The van der Waals surface area contributed by atoms with Gasteiger partial charge in [0, 0.05) is 32.4 Å². The van der Waals surface area contributed by atoms with Crippen LogP contribution in [-0.4, -0.2) is 49.0 Å². The summed E-state index contributed by atoms with van der Waals surface area (Å²) in [4.78, 5) is 21.8. The van der Waals surface area contributed by atoms with Crippen LogP contribution in [0.15, 0.2) is 54.7 Å². The number of rotatable bonds is 2. The number of halogens is 3. The minimum atomic E-state index is -4.52. The van der Waals surface area contributed by atoms with Gasteiger partial charge in [0.15, 0.2) is 5.75 Å². The fourth-order valence-electron chi connectivity index (χ4n) is 3.98. The molecule has 2 aliphatic heterocycles. The summed E-state index contributed by atoms with van der Waals surface area (Å²) in [5.74, 6) is 0.772. The molecule has 2 aliphatic rings. The summed E-state index contributed by atoms with van der Waals surface area (Å²) in [5, 5.41) is 2.55. The van der Waals surface area contributed by atoms with Crippen molar-refractivity contribution in [2.75, 3.05) is 43.4 Å². The largest absolute Gasteiger partial charge is 0.454 e. The summed E-state index contributed by atoms with van der Waals surface area (Å²) >= 11 is 0. The van der Waals surface area contributed by atoms with E-state index < -0.39 is 17.6 Å². The van der Waals surface area contributed by atoms with Crippen LogP contribution in [0.4, 0.5) is 24.7 Å². The number of nitrogens with one attached hydrogen (secondary N) is 1. The molecule has 1 fully saturated rings. The number of hydrogen-bond acceptors (Lipinski definition) is 5. The molecule has 1 N–H and O–H groups in total. The molecule has 0 unspecified atom stereocenters. The van der Waals surface area contributed by atoms with Crippen LogP contribution < -0.4 is 15.0 Å². The van der Waals surface area contributed by atoms with Crippen molar-refractivity contribution in [3.63, 3.8) is 0 Å². The third kappa shape index (κ3) is 4.23. The van der Waals surface area contributed by atoms with Crippen molar-refractivity contribution in [3.05, 3.63) is 65.9 Å². The van der Waals surface area contributed by atoms with Crippen LogP contribution in [0.2, 0.25) is 0 Å². The Bertz CT molecular complexity index is 1220. The van der Waals surface area contributed by atoms with Crippen molar-refractivity contribution in [1.82, 2.24) is 9.88 Å². The van der Waals surface area contributed by atoms with Gasteiger partial charge < -0.3 is 19.9 Å². The number of alkyl halides is 3. The predicted octanol–water partition coefficient (Wildman–Crippen LogP) is 4.88. The van der Waals surface area contributed by atoms with E-state index in [0.717, 1.165) is 55.3 Å². The number of piperazine rings is 1. The van der Waals surface area contributed by atoms with Gasteiger partial charge in [0.25, 0.3) is 5.91 Å². The first kappa shape index (κ1) is 21.3. The third-order valence-electron chi connectivity index (χ3n) is 5.91. The number of ether oxygens (including phenoxy) is 1. The summed E-state index contributed by atoms with van der Waals surface area (Å²) in [7, 11) is 2.09. The number of carbonyl (C=O) groups is 1. The van der Waals surface area contributed by atoms with E-state index in [0.29, 0.717) is 0 Å². The lowest BCUT2D eigenvalue weighted by molar-refractivity contribution is -0.137. The first-order valence-corrected chi connectivity index (χ1v) is 10.5. The molecule has 0 radical (unpaired) electrons. The summed E-state index contributed by atoms with van der Waals surface area (Å²) < 4.78 is 45.0. The molecule has 1 amide bonds. The molecule has 33 heavy (non-hydrogen) atoms. The van der Waals surface area contributed by atoms with Gasteiger partial charge in [-0.2, -0.15) is 13.2 Å². The van der Waals surface area contributed by atoms with E-state index >= 15 is 0 Å². The maximum atomic E-state index is 13.1. The van der Waals surface area contributed by atoms with Crippen LogP contribution in [0, 0.1) is 0 Å². The smallest absolute Gasteiger partial charge is 0.416 e. The SMILES string of the molecule is CN1CCN(c2cc(-c3ccc4c(c3)C(=O)Nc3cc(C(F)(F)F)ccc3O4)ccn2)CC1. The molecule has 0 atom stereocenters. The van der Waals surface area contributed by atoms with E-state index in [1.54, 1.807) is 18.3 Å². The lowest BCUT2D eigenvalue weighted by Gasteiger charge is -2.33. The number of pyridine rings is 1. The van der Waals surface area contributed by atoms with E-state index in [1.807, 2.05) is 18.2 Å². The molecule has 0 aliphatic carbocycles. The Labute approximate surface area is 188 Å². The zero-order chi connectivity index (χ0) is 23.2. The van der Waals surface area contributed by atoms with Crippen LogP contribution >= 0.6 is 0 Å². The van der Waals surface area contributed by atoms with Gasteiger partial charge in [-0.1, -0.05) is 6.07 Å². The zero-order valence-corrected chi connectivity index (χ0v) is 17.8. The van der Waals surface area contributed by atoms with E-state index in [1.165, 1.54) is 6.07 Å². The van der Waals surface area contributed by atoms with Crippen molar-refractivity contribution >= 4 is 17.4 Å². The summed E-state index contributed by atoms with van der Waals surface area (Å²) in [6.45, 7) is 3.68. The highest BCUT2D eigenvalue weighted by Gasteiger charge is 2.32. The fourth-order valence-corrected chi connectivity index (χ4v) is 3.98. The van der Waals surface area contributed by atoms with Gasteiger partial charge in [0.05, 0.1) is 16.8 Å². The predicted molar refractivity (Wildman–Crippen MR) is 119 cm³/mol. The van der Waals surface area contributed by atoms with Gasteiger partial charge >= 0.3 is 6.18 Å². The first-order valence-electron chi connectivity index (χ1n) is 10.5. The van der Waals surface area contributed by atoms with E-state index in [4.69, 9.17) is 4.74 Å². The van der Waals surface area contributed by atoms with Crippen molar-refractivity contribution in [2.45, 2.75) is 6.18 Å². The standard InChI is InChI=1S/C24H21F3N4O2/c1-30-8-10-31(11-9-30)22-13-16(6-7-28-22)15-2-4-20-18(12-15)23(32)29-19-14-17(24(25,26)27)3-5-21(19)33-20/h2-7,12-14H,8-11H2,1H3,(H,29,32). The highest BCUT2D eigenvalue weighted by atomic mass is 19.4. The molecule has 0 spiro atoms. The van der Waals surface area contributed by atoms with Gasteiger partial charge in [0.1, 0.15) is 11.6 Å². The fraction of sp³-hybridized carbons (Fsp3) is 0.250. The molecule has 0 bridgehead atoms. The van der Waals surface area contributed by atoms with Crippen LogP contribution in [0.1, 0.15) is 15.9 Å². The molecular weight excluding hydrogens is 433 g/mol. The molecule has 170 valence electrons. The second-order valence-corrected chi connectivity index (χ2v) is 8.17. The molecule has 2 aromatic carbocycles. The minimum absolute atomic E-state index is 0.0196. The number of amides is 1. The number of anilines is 2. The number of nitrogens with zero attached hydrogens (tertiary/aromatic N) is 3. The minimum Gasteiger partial charge on any atom is -0.454 e. The van der Waals surface area contributed by atoms with Gasteiger partial charge in [0.2, 0.25) is 0 Å². The van der Waals surface area contributed by atoms with Gasteiger partial charge in [-0.3, -0.25) is 4.79 Å². The van der Waals surface area contributed by atoms with Crippen molar-refractivity contribution in [3.8, 4) is 22.6 Å². The Kier molecular flexibility index (Phi) is 5.20. The molecule has 5 rings (SSSR count). The van der Waals surface area contributed by atoms with E-state index in [-0.39, 0.29) is 22.7 Å². The Morgan fingerprint density at radius 1 is 0.939 bits per heavy atom. The molecule has 1 aromatic heterocycles. The van der Waals surface area contributed by atoms with E-state index in [9.17, 15) is 18.0 Å². The zero-order valence-electron chi connectivity index (χ0n) is 17.8. The van der Waals surface area contributed by atoms with Gasteiger partial charge in [-0.25, -0.2) is 4.98 Å². The maximum Gasteiger partial charge on any atom is 0.416 e. The lowest BCUT2D eigenvalue weighted by Crippen LogP contribution is -2.44. The highest BCUT2D eigenvalue weighted by molar-refractivity contribution is 6.08. The monoisotopic (exact) mass is 454 g/mol. The second kappa shape index (κ2) is 8.08. The number of benzene rings is 2. The summed E-state index contributed by atoms with van der Waals surface area (Å²) in [5.41, 5.74) is 1.04. The van der Waals surface area contributed by atoms with Crippen LogP contribution in [0.3, 0.4) is 0 Å². The Balaban J connectivity index is 1.45. The number of likely N-dealkylation sites (N-methyl/N-ethyl adjacent to an activating group) is 1. The number of hydrogen-bond donors (Lipinski definition) is 1. The third-order valence-corrected chi connectivity index (χ3v) is 5.91. The molecule has 6 nitrogen and oxygen atoms in total. The average Bonchev–Trinajstić information content (AvgIpc) is 2.94. The Morgan fingerprint density at radius 2 is 1.67 bits per heavy atom. The Hall–Kier alpha value is -3.59. The van der Waals surface area contributed by atoms with Crippen molar-refractivity contribution < 1.29 is 22.7 Å². The number of carbonyl (C=O) groups excluding carboxylic acids is 1. The number of aromatic nitrogens is 1. The summed E-state index contributed by atoms with van der Waals surface area (Å²) in [6, 6.07) is 12.0.